The minimum Gasteiger partial charge on any atom is -0.497 e. The van der Waals surface area contributed by atoms with Gasteiger partial charge in [0.15, 0.2) is 11.0 Å². The summed E-state index contributed by atoms with van der Waals surface area (Å²) in [7, 11) is 1.66. The first kappa shape index (κ1) is 19.9. The number of ether oxygens (including phenoxy) is 1. The molecule has 4 fully saturated rings. The van der Waals surface area contributed by atoms with Crippen LogP contribution in [-0.4, -0.2) is 33.5 Å². The van der Waals surface area contributed by atoms with E-state index in [9.17, 15) is 4.79 Å². The van der Waals surface area contributed by atoms with Gasteiger partial charge in [-0.3, -0.25) is 9.36 Å². The van der Waals surface area contributed by atoms with Gasteiger partial charge in [-0.1, -0.05) is 18.7 Å². The van der Waals surface area contributed by atoms with E-state index in [0.717, 1.165) is 65.2 Å². The van der Waals surface area contributed by atoms with Gasteiger partial charge in [0.05, 0.1) is 13.7 Å². The average Bonchev–Trinajstić information content (AvgIpc) is 3.14. The smallest absolute Gasteiger partial charge is 0.226 e. The predicted octanol–water partition coefficient (Wildman–Crippen LogP) is 4.22. The third kappa shape index (κ3) is 3.51. The highest BCUT2D eigenvalue weighted by Crippen LogP contribution is 2.60. The van der Waals surface area contributed by atoms with Gasteiger partial charge in [0.2, 0.25) is 5.91 Å². The summed E-state index contributed by atoms with van der Waals surface area (Å²) in [6, 6.07) is 7.89. The zero-order chi connectivity index (χ0) is 20.7. The van der Waals surface area contributed by atoms with Gasteiger partial charge in [-0.15, -0.1) is 10.2 Å². The molecule has 1 amide bonds. The second-order valence-electron chi connectivity index (χ2n) is 9.25. The molecule has 0 unspecified atom stereocenters. The summed E-state index contributed by atoms with van der Waals surface area (Å²) in [5, 5.41) is 12.9. The quantitative estimate of drug-likeness (QED) is 0.672. The molecule has 0 spiro atoms. The number of hydrogen-bond acceptors (Lipinski definition) is 5. The van der Waals surface area contributed by atoms with Crippen molar-refractivity contribution in [2.45, 2.75) is 57.1 Å². The van der Waals surface area contributed by atoms with Crippen molar-refractivity contribution in [2.24, 2.45) is 23.2 Å². The van der Waals surface area contributed by atoms with Crippen molar-refractivity contribution < 1.29 is 9.53 Å². The summed E-state index contributed by atoms with van der Waals surface area (Å²) in [6.45, 7) is 2.51. The average molecular weight is 427 g/mol. The van der Waals surface area contributed by atoms with Crippen LogP contribution in [-0.2, 0) is 11.3 Å². The molecule has 6 nitrogen and oxygen atoms in total. The maximum atomic E-state index is 13.3. The largest absolute Gasteiger partial charge is 0.497 e. The predicted molar refractivity (Wildman–Crippen MR) is 117 cm³/mol. The minimum atomic E-state index is -0.138. The van der Waals surface area contributed by atoms with Gasteiger partial charge in [-0.05, 0) is 86.3 Å². The lowest BCUT2D eigenvalue weighted by Crippen LogP contribution is -2.53. The lowest BCUT2D eigenvalue weighted by molar-refractivity contribution is -0.146. The van der Waals surface area contributed by atoms with Crippen molar-refractivity contribution in [3.8, 4) is 11.4 Å². The van der Waals surface area contributed by atoms with Gasteiger partial charge >= 0.3 is 0 Å². The molecule has 1 aromatic carbocycles. The number of nitrogens with zero attached hydrogens (tertiary/aromatic N) is 3. The first-order valence-electron chi connectivity index (χ1n) is 11.1. The SMILES string of the molecule is CCSc1nnc(CNC(=O)C23CC4CC(CC(C4)C2)C3)n1-c1ccc(OC)cc1. The van der Waals surface area contributed by atoms with E-state index in [2.05, 4.69) is 22.4 Å². The van der Waals surface area contributed by atoms with Gasteiger partial charge in [0.25, 0.3) is 0 Å². The number of aromatic nitrogens is 3. The second kappa shape index (κ2) is 7.91. The standard InChI is InChI=1S/C23H30N4O2S/c1-3-30-22-26-25-20(27(22)18-4-6-19(29-2)7-5-18)14-24-21(28)23-11-15-8-16(12-23)10-17(9-15)13-23/h4-7,15-17H,3,8-14H2,1-2H3,(H,24,28). The van der Waals surface area contributed by atoms with E-state index in [1.807, 2.05) is 28.8 Å². The Hall–Kier alpha value is -2.02. The van der Waals surface area contributed by atoms with Crippen LogP contribution in [0.3, 0.4) is 0 Å². The molecule has 0 radical (unpaired) electrons. The van der Waals surface area contributed by atoms with Gasteiger partial charge in [0, 0.05) is 11.1 Å². The highest BCUT2D eigenvalue weighted by Gasteiger charge is 2.54. The number of rotatable bonds is 7. The van der Waals surface area contributed by atoms with E-state index >= 15 is 0 Å². The molecular formula is C23H30N4O2S. The molecule has 0 saturated heterocycles. The summed E-state index contributed by atoms with van der Waals surface area (Å²) in [6.07, 6.45) is 7.26. The van der Waals surface area contributed by atoms with Crippen LogP contribution < -0.4 is 10.1 Å². The Morgan fingerprint density at radius 2 is 1.77 bits per heavy atom. The Morgan fingerprint density at radius 3 is 2.33 bits per heavy atom. The minimum absolute atomic E-state index is 0.138. The zero-order valence-corrected chi connectivity index (χ0v) is 18.6. The van der Waals surface area contributed by atoms with Crippen molar-refractivity contribution in [2.75, 3.05) is 12.9 Å². The summed E-state index contributed by atoms with van der Waals surface area (Å²) < 4.78 is 7.34. The maximum absolute atomic E-state index is 13.3. The maximum Gasteiger partial charge on any atom is 0.226 e. The van der Waals surface area contributed by atoms with Crippen LogP contribution in [0.5, 0.6) is 5.75 Å². The Morgan fingerprint density at radius 1 is 1.13 bits per heavy atom. The topological polar surface area (TPSA) is 69.0 Å². The molecule has 160 valence electrons. The molecule has 1 heterocycles. The molecule has 4 aliphatic carbocycles. The number of carbonyl (C=O) groups excluding carboxylic acids is 1. The van der Waals surface area contributed by atoms with Crippen LogP contribution in [0.25, 0.3) is 5.69 Å². The number of hydrogen-bond donors (Lipinski definition) is 1. The number of thioether (sulfide) groups is 1. The van der Waals surface area contributed by atoms with Crippen molar-refractivity contribution in [1.29, 1.82) is 0 Å². The second-order valence-corrected chi connectivity index (χ2v) is 10.5. The molecular weight excluding hydrogens is 396 g/mol. The van der Waals surface area contributed by atoms with Crippen LogP contribution in [0.4, 0.5) is 0 Å². The van der Waals surface area contributed by atoms with E-state index in [1.165, 1.54) is 19.3 Å². The Bertz CT molecular complexity index is 889. The molecule has 4 aliphatic rings. The van der Waals surface area contributed by atoms with Crippen LogP contribution in [0, 0.1) is 23.2 Å². The van der Waals surface area contributed by atoms with Gasteiger partial charge in [-0.2, -0.15) is 0 Å². The van der Waals surface area contributed by atoms with Crippen LogP contribution in [0.1, 0.15) is 51.3 Å². The molecule has 6 rings (SSSR count). The lowest BCUT2D eigenvalue weighted by atomic mass is 9.49. The molecule has 1 aromatic heterocycles. The monoisotopic (exact) mass is 426 g/mol. The third-order valence-electron chi connectivity index (χ3n) is 7.23. The fourth-order valence-electron chi connectivity index (χ4n) is 6.36. The normalized spacial score (nSPS) is 29.2. The van der Waals surface area contributed by atoms with E-state index < -0.39 is 0 Å². The highest BCUT2D eigenvalue weighted by atomic mass is 32.2. The Balaban J connectivity index is 1.35. The Kier molecular flexibility index (Phi) is 5.25. The Labute approximate surface area is 182 Å². The van der Waals surface area contributed by atoms with Crippen molar-refractivity contribution in [3.05, 3.63) is 30.1 Å². The van der Waals surface area contributed by atoms with E-state index in [1.54, 1.807) is 18.9 Å². The molecule has 0 aliphatic heterocycles. The molecule has 2 aromatic rings. The third-order valence-corrected chi connectivity index (χ3v) is 8.04. The molecule has 0 atom stereocenters. The first-order chi connectivity index (χ1) is 14.6. The van der Waals surface area contributed by atoms with E-state index in [0.29, 0.717) is 6.54 Å². The van der Waals surface area contributed by atoms with Crippen molar-refractivity contribution >= 4 is 17.7 Å². The van der Waals surface area contributed by atoms with Gasteiger partial charge < -0.3 is 10.1 Å². The van der Waals surface area contributed by atoms with Crippen molar-refractivity contribution in [3.63, 3.8) is 0 Å². The summed E-state index contributed by atoms with van der Waals surface area (Å²) in [5.74, 6) is 5.01. The molecule has 7 heteroatoms. The number of nitrogens with one attached hydrogen (secondary N) is 1. The molecule has 30 heavy (non-hydrogen) atoms. The highest BCUT2D eigenvalue weighted by molar-refractivity contribution is 7.99. The lowest BCUT2D eigenvalue weighted by Gasteiger charge is -2.55. The zero-order valence-electron chi connectivity index (χ0n) is 17.8. The summed E-state index contributed by atoms with van der Waals surface area (Å²) in [5.41, 5.74) is 0.844. The van der Waals surface area contributed by atoms with Crippen LogP contribution in [0.15, 0.2) is 29.4 Å². The number of amides is 1. The fraction of sp³-hybridized carbons (Fsp3) is 0.609. The number of methoxy groups -OCH3 is 1. The van der Waals surface area contributed by atoms with Gasteiger partial charge in [-0.25, -0.2) is 0 Å². The molecule has 1 N–H and O–H groups in total. The molecule has 4 bridgehead atoms. The van der Waals surface area contributed by atoms with E-state index in [4.69, 9.17) is 4.74 Å². The summed E-state index contributed by atoms with van der Waals surface area (Å²) >= 11 is 1.65. The van der Waals surface area contributed by atoms with E-state index in [-0.39, 0.29) is 11.3 Å². The first-order valence-corrected chi connectivity index (χ1v) is 12.1. The molecule has 4 saturated carbocycles. The summed E-state index contributed by atoms with van der Waals surface area (Å²) in [4.78, 5) is 13.3. The van der Waals surface area contributed by atoms with Crippen molar-refractivity contribution in [1.82, 2.24) is 20.1 Å². The number of benzene rings is 1. The van der Waals surface area contributed by atoms with Crippen LogP contribution in [0.2, 0.25) is 0 Å². The number of carbonyl (C=O) groups is 1. The van der Waals surface area contributed by atoms with Gasteiger partial charge in [0.1, 0.15) is 5.75 Å². The van der Waals surface area contributed by atoms with Crippen LogP contribution >= 0.6 is 11.8 Å². The fourth-order valence-corrected chi connectivity index (χ4v) is 7.06.